The Morgan fingerprint density at radius 2 is 0.260 bits per heavy atom. The van der Waals surface area contributed by atoms with Gasteiger partial charge in [-0.3, -0.25) is 0 Å². The molecule has 0 saturated carbocycles. The molecule has 0 radical (unpaired) electrons. The fraction of sp³-hybridized carbons (Fsp3) is 0.296. The molecule has 0 aliphatic rings. The fourth-order valence-electron chi connectivity index (χ4n) is 22.9. The summed E-state index contributed by atoms with van der Waals surface area (Å²) in [6.07, 6.45) is 0. The van der Waals surface area contributed by atoms with Gasteiger partial charge < -0.3 is 18.3 Å². The number of nitrogens with zero attached hydrogens (tertiary/aromatic N) is 4. The van der Waals surface area contributed by atoms with Crippen LogP contribution in [0, 0.1) is 13.8 Å². The van der Waals surface area contributed by atoms with Crippen molar-refractivity contribution in [1.29, 1.82) is 0 Å². The molecule has 4 nitrogen and oxygen atoms in total. The summed E-state index contributed by atoms with van der Waals surface area (Å²) in [5.41, 5.74) is 40.5. The molecule has 0 bridgehead atoms. The Morgan fingerprint density at radius 3 is 0.404 bits per heavy atom. The van der Waals surface area contributed by atoms with Crippen molar-refractivity contribution in [2.24, 2.45) is 0 Å². The fourth-order valence-corrected chi connectivity index (χ4v) is 22.9. The van der Waals surface area contributed by atoms with E-state index in [1.165, 1.54) is 242 Å². The molecular weight excluding hydrogens is 1760 g/mol. The second-order valence-electron chi connectivity index (χ2n) is 53.0. The summed E-state index contributed by atoms with van der Waals surface area (Å²) >= 11 is 0. The lowest BCUT2D eigenvalue weighted by Gasteiger charge is -2.23. The van der Waals surface area contributed by atoms with Crippen molar-refractivity contribution < 1.29 is 0 Å². The van der Waals surface area contributed by atoms with E-state index in [1.54, 1.807) is 0 Å². The first kappa shape index (κ1) is 98.2. The molecule has 0 aliphatic carbocycles. The summed E-state index contributed by atoms with van der Waals surface area (Å²) in [5, 5.41) is 20.3. The zero-order chi connectivity index (χ0) is 104. The predicted molar refractivity (Wildman–Crippen MR) is 638 cm³/mol. The van der Waals surface area contributed by atoms with Crippen LogP contribution in [0.15, 0.2) is 315 Å². The van der Waals surface area contributed by atoms with E-state index in [0.717, 1.165) is 22.7 Å². The van der Waals surface area contributed by atoms with Gasteiger partial charge >= 0.3 is 0 Å². The van der Waals surface area contributed by atoms with Crippen molar-refractivity contribution in [3.05, 3.63) is 382 Å². The Labute approximate surface area is 867 Å². The Hall–Kier alpha value is -13.8. The van der Waals surface area contributed by atoms with Gasteiger partial charge in [-0.1, -0.05) is 389 Å². The van der Waals surface area contributed by atoms with Crippen LogP contribution in [0.1, 0.15) is 274 Å². The van der Waals surface area contributed by atoms with Gasteiger partial charge in [0, 0.05) is 65.8 Å². The number of aromatic nitrogens is 4. The van der Waals surface area contributed by atoms with Crippen LogP contribution in [0.3, 0.4) is 0 Å². The van der Waals surface area contributed by atoms with Crippen molar-refractivity contribution >= 4 is 130 Å². The van der Waals surface area contributed by atoms with Crippen LogP contribution in [0.4, 0.5) is 0 Å². The molecule has 736 valence electrons. The average Bonchev–Trinajstić information content (AvgIpc) is 1.33. The summed E-state index contributed by atoms with van der Waals surface area (Å²) in [4.78, 5) is 0. The van der Waals surface area contributed by atoms with E-state index in [9.17, 15) is 0 Å². The maximum atomic E-state index is 2.53. The van der Waals surface area contributed by atoms with Crippen LogP contribution in [0.5, 0.6) is 0 Å². The van der Waals surface area contributed by atoms with Gasteiger partial charge in [0.2, 0.25) is 0 Å². The minimum Gasteiger partial charge on any atom is -0.309 e. The summed E-state index contributed by atoms with van der Waals surface area (Å²) < 4.78 is 10.1. The summed E-state index contributed by atoms with van der Waals surface area (Å²) in [5.74, 6) is 0. The highest BCUT2D eigenvalue weighted by molar-refractivity contribution is 6.25. The van der Waals surface area contributed by atoms with Gasteiger partial charge in [-0.15, -0.1) is 0 Å². The molecule has 0 spiro atoms. The van der Waals surface area contributed by atoms with Crippen molar-refractivity contribution in [3.8, 4) is 67.3 Å². The van der Waals surface area contributed by atoms with E-state index in [0.29, 0.717) is 0 Å². The average molecular weight is 1910 g/mol. The van der Waals surface area contributed by atoms with E-state index in [-0.39, 0.29) is 54.1 Å². The highest BCUT2D eigenvalue weighted by atomic mass is 15.0. The topological polar surface area (TPSA) is 19.7 Å². The number of aryl methyl sites for hydroxylation is 2. The molecular formula is C142H148N4. The molecule has 22 rings (SSSR count). The van der Waals surface area contributed by atoms with Gasteiger partial charge in [0.15, 0.2) is 0 Å². The normalized spacial score (nSPS) is 13.2. The molecule has 4 aromatic heterocycles. The van der Waals surface area contributed by atoms with Crippen molar-refractivity contribution in [3.63, 3.8) is 0 Å². The Balaban J connectivity index is 0.000000172. The molecule has 18 aromatic carbocycles. The zero-order valence-corrected chi connectivity index (χ0v) is 92.8. The quantitative estimate of drug-likeness (QED) is 0.135. The van der Waals surface area contributed by atoms with Gasteiger partial charge in [0.05, 0.1) is 44.1 Å². The van der Waals surface area contributed by atoms with E-state index in [4.69, 9.17) is 0 Å². The van der Waals surface area contributed by atoms with Crippen LogP contribution >= 0.6 is 0 Å². The minimum absolute atomic E-state index is 0.0141. The van der Waals surface area contributed by atoms with Gasteiger partial charge in [-0.2, -0.15) is 0 Å². The third kappa shape index (κ3) is 17.3. The Bertz CT molecular complexity index is 8240. The first-order chi connectivity index (χ1) is 68.5. The molecule has 22 aromatic rings. The van der Waals surface area contributed by atoms with Gasteiger partial charge in [-0.05, 0) is 357 Å². The van der Waals surface area contributed by atoms with Crippen molar-refractivity contribution in [2.45, 2.75) is 276 Å². The summed E-state index contributed by atoms with van der Waals surface area (Å²) in [6.45, 7) is 73.9. The maximum absolute atomic E-state index is 2.53. The largest absolute Gasteiger partial charge is 0.309 e. The first-order valence-corrected chi connectivity index (χ1v) is 53.3. The second kappa shape index (κ2) is 34.4. The van der Waals surface area contributed by atoms with Crippen LogP contribution in [-0.2, 0) is 54.1 Å². The predicted octanol–water partition coefficient (Wildman–Crippen LogP) is 40.6. The molecule has 146 heavy (non-hydrogen) atoms. The third-order valence-corrected chi connectivity index (χ3v) is 31.9. The zero-order valence-electron chi connectivity index (χ0n) is 92.8. The summed E-state index contributed by atoms with van der Waals surface area (Å²) in [6, 6.07) is 124. The Morgan fingerprint density at radius 1 is 0.123 bits per heavy atom. The lowest BCUT2D eigenvalue weighted by atomic mass is 9.82. The van der Waals surface area contributed by atoms with Crippen LogP contribution < -0.4 is 0 Å². The Kier molecular flexibility index (Phi) is 23.2. The highest BCUT2D eigenvalue weighted by Gasteiger charge is 2.32. The molecule has 0 N–H and O–H groups in total. The molecule has 0 aliphatic heterocycles. The second-order valence-corrected chi connectivity index (χ2v) is 53.0. The van der Waals surface area contributed by atoms with E-state index >= 15 is 0 Å². The molecule has 0 amide bonds. The summed E-state index contributed by atoms with van der Waals surface area (Å²) in [7, 11) is 0. The number of hydrogen-bond acceptors (Lipinski definition) is 0. The smallest absolute Gasteiger partial charge is 0.0541 e. The third-order valence-electron chi connectivity index (χ3n) is 31.9. The van der Waals surface area contributed by atoms with Crippen LogP contribution in [0.25, 0.3) is 198 Å². The molecule has 0 saturated heterocycles. The highest BCUT2D eigenvalue weighted by Crippen LogP contribution is 2.53. The lowest BCUT2D eigenvalue weighted by molar-refractivity contribution is 0.590. The molecule has 0 atom stereocenters. The minimum atomic E-state index is 0.0141. The molecule has 4 heteroatoms. The van der Waals surface area contributed by atoms with Crippen LogP contribution in [-0.4, -0.2) is 18.3 Å². The van der Waals surface area contributed by atoms with Crippen molar-refractivity contribution in [2.75, 3.05) is 0 Å². The number of hydrogen-bond donors (Lipinski definition) is 0. The van der Waals surface area contributed by atoms with E-state index in [2.05, 4.69) is 555 Å². The first-order valence-electron chi connectivity index (χ1n) is 53.3. The van der Waals surface area contributed by atoms with E-state index in [1.807, 2.05) is 0 Å². The number of fused-ring (bicyclic) bond motifs is 16. The molecule has 4 heterocycles. The van der Waals surface area contributed by atoms with E-state index < -0.39 is 0 Å². The van der Waals surface area contributed by atoms with Gasteiger partial charge in [-0.25, -0.2) is 0 Å². The monoisotopic (exact) mass is 1910 g/mol. The maximum Gasteiger partial charge on any atom is 0.0541 e. The van der Waals surface area contributed by atoms with Gasteiger partial charge in [0.25, 0.3) is 0 Å². The van der Waals surface area contributed by atoms with Crippen molar-refractivity contribution in [1.82, 2.24) is 18.3 Å². The lowest BCUT2D eigenvalue weighted by Crippen LogP contribution is -2.10. The molecule has 0 unspecified atom stereocenters. The standard InChI is InChI=1S/C74H80N2.C68H68N2/c1-69(2,3)47-23-19-45(20-24-47)67-55-33-31-54(76-65-37-29-51(73(13,14)15)41-59(65)60-42-52(74(16,17)18)30-38-66(60)76)44-62(55)68(46-21-25-48(26-22-46)70(4,5)6)56-34-32-53(43-61(56)67)75-63-35-27-49(71(7,8)9)39-57(63)58-40-50(72(10,11)12)28-36-64(58)75;1-41-15-19-43(20-16-41)63-51-29-27-50(70-61-33-25-47(67(9,10)11)37-55(61)56-38-48(68(12,13)14)26-34-62(56)70)40-58(51)64(44-21-17-42(2)18-22-44)52-30-28-49(39-57(52)63)69-59-31-23-45(65(3,4)5)35-53(59)54-36-46(66(6,7)8)24-32-60(54)69/h19-44H,1-18H3;15-40H,1-14H3. The number of rotatable bonds is 8. The van der Waals surface area contributed by atoms with Gasteiger partial charge in [0.1, 0.15) is 0 Å². The SMILES string of the molecule is CC(C)(C)c1ccc(-c2c3ccc(-n4c5ccc(C(C)(C)C)cc5c5cc(C(C)(C)C)ccc54)cc3c(-c3ccc(C(C)(C)C)cc3)c3ccc(-n4c5ccc(C(C)(C)C)cc5c5cc(C(C)(C)C)ccc54)cc23)cc1.Cc1ccc(-c2c3ccc(-n4c5ccc(C(C)(C)C)cc5c5cc(C(C)(C)C)ccc54)cc3c(-c3ccc(C)cc3)c3ccc(-n4c5ccc(C(C)(C)C)cc5c5cc(C(C)(C)C)ccc54)cc23)cc1. The van der Waals surface area contributed by atoms with Crippen LogP contribution in [0.2, 0.25) is 0 Å². The number of benzene rings is 18. The molecule has 0 fully saturated rings.